The van der Waals surface area contributed by atoms with E-state index in [0.29, 0.717) is 25.9 Å². The quantitative estimate of drug-likeness (QED) is 0.809. The lowest BCUT2D eigenvalue weighted by Gasteiger charge is -2.32. The fraction of sp³-hybridized carbons (Fsp3) is 0.615. The van der Waals surface area contributed by atoms with Gasteiger partial charge in [0.25, 0.3) is 5.91 Å². The number of carbonyl (C=O) groups excluding carboxylic acids is 1. The number of carbonyl (C=O) groups is 1. The van der Waals surface area contributed by atoms with Crippen LogP contribution in [0.3, 0.4) is 0 Å². The molecule has 1 aromatic rings. The van der Waals surface area contributed by atoms with E-state index in [0.717, 1.165) is 0 Å². The molecule has 3 N–H and O–H groups in total. The minimum atomic E-state index is -3.62. The van der Waals surface area contributed by atoms with Gasteiger partial charge in [-0.05, 0) is 31.7 Å². The molecular formula is C13H21N3O4S. The van der Waals surface area contributed by atoms with E-state index in [4.69, 9.17) is 5.73 Å². The number of aliphatic hydroxyl groups is 1. The summed E-state index contributed by atoms with van der Waals surface area (Å²) >= 11 is 0. The Labute approximate surface area is 124 Å². The zero-order chi connectivity index (χ0) is 15.8. The Morgan fingerprint density at radius 1 is 1.43 bits per heavy atom. The first kappa shape index (κ1) is 16.0. The fourth-order valence-corrected chi connectivity index (χ4v) is 4.21. The normalized spacial score (nSPS) is 19.6. The van der Waals surface area contributed by atoms with E-state index in [9.17, 15) is 18.3 Å². The predicted octanol–water partition coefficient (Wildman–Crippen LogP) is -0.0945. The Hall–Kier alpha value is -1.38. The summed E-state index contributed by atoms with van der Waals surface area (Å²) in [5, 5.41) is 9.56. The van der Waals surface area contributed by atoms with Crippen LogP contribution in [0.25, 0.3) is 0 Å². The minimum Gasteiger partial charge on any atom is -0.393 e. The molecule has 1 saturated heterocycles. The van der Waals surface area contributed by atoms with E-state index in [1.807, 2.05) is 0 Å². The van der Waals surface area contributed by atoms with Gasteiger partial charge in [-0.2, -0.15) is 4.31 Å². The van der Waals surface area contributed by atoms with Crippen molar-refractivity contribution in [2.45, 2.75) is 30.8 Å². The van der Waals surface area contributed by atoms with Crippen molar-refractivity contribution < 1.29 is 18.3 Å². The number of aliphatic hydroxyl groups excluding tert-OH is 1. The van der Waals surface area contributed by atoms with Crippen LogP contribution >= 0.6 is 0 Å². The summed E-state index contributed by atoms with van der Waals surface area (Å²) < 4.78 is 27.9. The third-order valence-corrected chi connectivity index (χ3v) is 5.91. The zero-order valence-electron chi connectivity index (χ0n) is 12.2. The molecule has 1 unspecified atom stereocenters. The summed E-state index contributed by atoms with van der Waals surface area (Å²) in [6.45, 7) is 2.47. The molecule has 7 nitrogen and oxygen atoms in total. The fourth-order valence-electron chi connectivity index (χ4n) is 2.67. The van der Waals surface area contributed by atoms with Crippen molar-refractivity contribution in [1.29, 1.82) is 0 Å². The van der Waals surface area contributed by atoms with Crippen LogP contribution in [-0.4, -0.2) is 47.5 Å². The van der Waals surface area contributed by atoms with Crippen molar-refractivity contribution >= 4 is 15.9 Å². The molecule has 21 heavy (non-hydrogen) atoms. The van der Waals surface area contributed by atoms with E-state index in [1.54, 1.807) is 14.0 Å². The van der Waals surface area contributed by atoms with Gasteiger partial charge in [-0.25, -0.2) is 8.42 Å². The predicted molar refractivity (Wildman–Crippen MR) is 77.1 cm³/mol. The van der Waals surface area contributed by atoms with Crippen LogP contribution in [0.5, 0.6) is 0 Å². The van der Waals surface area contributed by atoms with Crippen LogP contribution < -0.4 is 5.73 Å². The number of aryl methyl sites for hydroxylation is 1. The van der Waals surface area contributed by atoms with Crippen LogP contribution in [0.15, 0.2) is 17.2 Å². The lowest BCUT2D eigenvalue weighted by molar-refractivity contribution is 0.0912. The molecule has 0 aromatic carbocycles. The summed E-state index contributed by atoms with van der Waals surface area (Å²) in [7, 11) is -2.04. The van der Waals surface area contributed by atoms with Crippen LogP contribution in [0.1, 0.15) is 30.3 Å². The summed E-state index contributed by atoms with van der Waals surface area (Å²) in [4.78, 5) is 11.3. The molecular weight excluding hydrogens is 294 g/mol. The van der Waals surface area contributed by atoms with E-state index in [2.05, 4.69) is 0 Å². The highest BCUT2D eigenvalue weighted by Gasteiger charge is 2.32. The van der Waals surface area contributed by atoms with Gasteiger partial charge in [0, 0.05) is 26.3 Å². The molecule has 1 aliphatic rings. The van der Waals surface area contributed by atoms with E-state index >= 15 is 0 Å². The van der Waals surface area contributed by atoms with E-state index < -0.39 is 22.0 Å². The second-order valence-electron chi connectivity index (χ2n) is 5.52. The van der Waals surface area contributed by atoms with Crippen molar-refractivity contribution in [2.24, 2.45) is 18.7 Å². The molecule has 1 fully saturated rings. The first-order valence-corrected chi connectivity index (χ1v) is 8.32. The third kappa shape index (κ3) is 3.12. The number of sulfonamides is 1. The Bertz CT molecular complexity index is 628. The molecule has 0 aliphatic carbocycles. The maximum atomic E-state index is 12.5. The average Bonchev–Trinajstić information content (AvgIpc) is 2.82. The molecule has 0 bridgehead atoms. The number of aromatic nitrogens is 1. The van der Waals surface area contributed by atoms with Crippen molar-refractivity contribution in [3.05, 3.63) is 18.0 Å². The van der Waals surface area contributed by atoms with Crippen LogP contribution in [-0.2, 0) is 17.1 Å². The Morgan fingerprint density at radius 3 is 2.43 bits per heavy atom. The van der Waals surface area contributed by atoms with Crippen molar-refractivity contribution in [3.63, 3.8) is 0 Å². The second-order valence-corrected chi connectivity index (χ2v) is 7.46. The molecule has 1 amide bonds. The number of primary amides is 1. The topological polar surface area (TPSA) is 106 Å². The van der Waals surface area contributed by atoms with Gasteiger partial charge in [-0.1, -0.05) is 0 Å². The molecule has 1 aromatic heterocycles. The van der Waals surface area contributed by atoms with Crippen molar-refractivity contribution in [2.75, 3.05) is 13.1 Å². The molecule has 8 heteroatoms. The van der Waals surface area contributed by atoms with Gasteiger partial charge in [0.15, 0.2) is 0 Å². The maximum Gasteiger partial charge on any atom is 0.265 e. The second kappa shape index (κ2) is 5.78. The molecule has 0 spiro atoms. The van der Waals surface area contributed by atoms with Gasteiger partial charge in [0.2, 0.25) is 10.0 Å². The summed E-state index contributed by atoms with van der Waals surface area (Å²) in [5.74, 6) is -0.528. The Balaban J connectivity index is 2.20. The number of nitrogens with two attached hydrogens (primary N) is 1. The Kier molecular flexibility index (Phi) is 4.40. The monoisotopic (exact) mass is 315 g/mol. The highest BCUT2D eigenvalue weighted by molar-refractivity contribution is 7.89. The lowest BCUT2D eigenvalue weighted by atomic mass is 9.93. The molecule has 1 atom stereocenters. The van der Waals surface area contributed by atoms with Crippen LogP contribution in [0, 0.1) is 5.92 Å². The molecule has 0 saturated carbocycles. The number of nitrogens with zero attached hydrogens (tertiary/aromatic N) is 2. The Morgan fingerprint density at radius 2 is 2.00 bits per heavy atom. The van der Waals surface area contributed by atoms with E-state index in [1.165, 1.54) is 21.1 Å². The molecule has 118 valence electrons. The highest BCUT2D eigenvalue weighted by atomic mass is 32.2. The minimum absolute atomic E-state index is 0.0781. The largest absolute Gasteiger partial charge is 0.393 e. The number of rotatable bonds is 4. The molecule has 1 aliphatic heterocycles. The molecule has 2 rings (SSSR count). The van der Waals surface area contributed by atoms with Gasteiger partial charge >= 0.3 is 0 Å². The number of amides is 1. The smallest absolute Gasteiger partial charge is 0.265 e. The number of hydrogen-bond acceptors (Lipinski definition) is 4. The molecule has 0 radical (unpaired) electrons. The van der Waals surface area contributed by atoms with Crippen molar-refractivity contribution in [3.8, 4) is 0 Å². The summed E-state index contributed by atoms with van der Waals surface area (Å²) in [6.07, 6.45) is 2.24. The van der Waals surface area contributed by atoms with Crippen LogP contribution in [0.2, 0.25) is 0 Å². The molecule has 2 heterocycles. The highest BCUT2D eigenvalue weighted by Crippen LogP contribution is 2.26. The summed E-state index contributed by atoms with van der Waals surface area (Å²) in [5.41, 5.74) is 5.36. The van der Waals surface area contributed by atoms with Crippen LogP contribution in [0.4, 0.5) is 0 Å². The van der Waals surface area contributed by atoms with Gasteiger partial charge in [-0.15, -0.1) is 0 Å². The third-order valence-electron chi connectivity index (χ3n) is 4.05. The first-order valence-electron chi connectivity index (χ1n) is 6.88. The number of hydrogen-bond donors (Lipinski definition) is 2. The van der Waals surface area contributed by atoms with Gasteiger partial charge in [-0.3, -0.25) is 4.79 Å². The van der Waals surface area contributed by atoms with Gasteiger partial charge < -0.3 is 15.4 Å². The van der Waals surface area contributed by atoms with Gasteiger partial charge in [0.1, 0.15) is 10.6 Å². The van der Waals surface area contributed by atoms with Gasteiger partial charge in [0.05, 0.1) is 6.10 Å². The zero-order valence-corrected chi connectivity index (χ0v) is 13.0. The van der Waals surface area contributed by atoms with E-state index in [-0.39, 0.29) is 16.5 Å². The first-order chi connectivity index (χ1) is 9.73. The summed E-state index contributed by atoms with van der Waals surface area (Å²) in [6, 6.07) is 1.30. The lowest BCUT2D eigenvalue weighted by Crippen LogP contribution is -2.40. The van der Waals surface area contributed by atoms with Crippen molar-refractivity contribution in [1.82, 2.24) is 8.87 Å². The SMILES string of the molecule is CC(O)C1CCN(S(=O)(=O)c2cc(C(N)=O)n(C)c2)CC1. The standard InChI is InChI=1S/C13H21N3O4S/c1-9(17)10-3-5-16(6-4-10)21(19,20)11-7-12(13(14)18)15(2)8-11/h7-10,17H,3-6H2,1-2H3,(H2,14,18). The average molecular weight is 315 g/mol. The number of piperidine rings is 1. The maximum absolute atomic E-state index is 12.5.